The summed E-state index contributed by atoms with van der Waals surface area (Å²) in [6.45, 7) is 0. The van der Waals surface area contributed by atoms with Crippen molar-refractivity contribution in [2.45, 2.75) is 5.88 Å². The topological polar surface area (TPSA) is 22.1 Å². The first-order chi connectivity index (χ1) is 10.2. The van der Waals surface area contributed by atoms with Crippen molar-refractivity contribution in [3.05, 3.63) is 63.7 Å². The van der Waals surface area contributed by atoms with Gasteiger partial charge in [0.25, 0.3) is 0 Å². The van der Waals surface area contributed by atoms with E-state index in [2.05, 4.69) is 27.0 Å². The molecule has 21 heavy (non-hydrogen) atoms. The maximum absolute atomic E-state index is 5.99. The molecule has 0 aliphatic heterocycles. The van der Waals surface area contributed by atoms with Crippen LogP contribution in [0, 0.1) is 0 Å². The van der Waals surface area contributed by atoms with Gasteiger partial charge in [-0.2, -0.15) is 0 Å². The third-order valence-corrected chi connectivity index (χ3v) is 4.17. The Morgan fingerprint density at radius 1 is 1.05 bits per heavy atom. The number of aromatic nitrogens is 1. The molecule has 3 aromatic rings. The molecule has 0 amide bonds. The number of alkyl halides is 1. The molecular weight excluding hydrogens is 373 g/mol. The number of fused-ring (bicyclic) bond motifs is 1. The highest BCUT2D eigenvalue weighted by atomic mass is 79.9. The summed E-state index contributed by atoms with van der Waals surface area (Å²) in [5.41, 5.74) is 0.799. The first-order valence-electron chi connectivity index (χ1n) is 6.23. The van der Waals surface area contributed by atoms with E-state index in [1.165, 1.54) is 0 Å². The molecule has 1 heterocycles. The summed E-state index contributed by atoms with van der Waals surface area (Å²) in [5.74, 6) is 1.52. The smallest absolute Gasteiger partial charge is 0.219 e. The highest BCUT2D eigenvalue weighted by Crippen LogP contribution is 2.28. The van der Waals surface area contributed by atoms with E-state index in [9.17, 15) is 0 Å². The second-order valence-electron chi connectivity index (χ2n) is 4.50. The minimum absolute atomic E-state index is 0.323. The number of halogens is 3. The van der Waals surface area contributed by atoms with E-state index in [1.807, 2.05) is 30.3 Å². The Morgan fingerprint density at radius 3 is 2.62 bits per heavy atom. The summed E-state index contributed by atoms with van der Waals surface area (Å²) in [5, 5.41) is 2.78. The Balaban J connectivity index is 1.92. The predicted molar refractivity (Wildman–Crippen MR) is 90.5 cm³/mol. The lowest BCUT2D eigenvalue weighted by Gasteiger charge is -2.08. The number of ether oxygens (including phenoxy) is 1. The molecular formula is C16H10BrCl2NO. The molecule has 0 saturated carbocycles. The van der Waals surface area contributed by atoms with Crippen molar-refractivity contribution in [3.63, 3.8) is 0 Å². The van der Waals surface area contributed by atoms with Crippen molar-refractivity contribution in [2.24, 2.45) is 0 Å². The first-order valence-corrected chi connectivity index (χ1v) is 7.94. The van der Waals surface area contributed by atoms with E-state index in [0.29, 0.717) is 16.8 Å². The van der Waals surface area contributed by atoms with Crippen LogP contribution in [0.2, 0.25) is 5.02 Å². The van der Waals surface area contributed by atoms with Gasteiger partial charge >= 0.3 is 0 Å². The summed E-state index contributed by atoms with van der Waals surface area (Å²) >= 11 is 15.3. The molecule has 2 nitrogen and oxygen atoms in total. The fraction of sp³-hybridized carbons (Fsp3) is 0.0625. The zero-order valence-electron chi connectivity index (χ0n) is 10.8. The van der Waals surface area contributed by atoms with Gasteiger partial charge in [-0.05, 0) is 40.6 Å². The Labute approximate surface area is 140 Å². The average Bonchev–Trinajstić information content (AvgIpc) is 2.49. The van der Waals surface area contributed by atoms with Crippen LogP contribution in [0.3, 0.4) is 0 Å². The van der Waals surface area contributed by atoms with Gasteiger partial charge in [0.1, 0.15) is 5.75 Å². The van der Waals surface area contributed by atoms with Crippen LogP contribution in [0.25, 0.3) is 10.8 Å². The van der Waals surface area contributed by atoms with Crippen molar-refractivity contribution in [2.75, 3.05) is 0 Å². The van der Waals surface area contributed by atoms with Gasteiger partial charge in [-0.3, -0.25) is 0 Å². The minimum Gasteiger partial charge on any atom is -0.439 e. The normalized spacial score (nSPS) is 10.8. The number of pyridine rings is 1. The summed E-state index contributed by atoms with van der Waals surface area (Å²) in [6.07, 6.45) is 1.55. The molecule has 0 radical (unpaired) electrons. The number of benzene rings is 2. The van der Waals surface area contributed by atoms with E-state index in [0.717, 1.165) is 26.6 Å². The Morgan fingerprint density at radius 2 is 1.81 bits per heavy atom. The fourth-order valence-electron chi connectivity index (χ4n) is 2.00. The Kier molecular flexibility index (Phi) is 4.34. The van der Waals surface area contributed by atoms with E-state index in [4.69, 9.17) is 27.9 Å². The van der Waals surface area contributed by atoms with Crippen LogP contribution in [-0.4, -0.2) is 4.98 Å². The number of hydrogen-bond acceptors (Lipinski definition) is 2. The molecule has 0 N–H and O–H groups in total. The van der Waals surface area contributed by atoms with Crippen LogP contribution in [0.1, 0.15) is 5.56 Å². The monoisotopic (exact) mass is 381 g/mol. The standard InChI is InChI=1S/C16H10BrCl2NO/c17-13-3-1-11-6-14(4-2-10(11)5-13)21-16-7-12(8-18)15(19)9-20-16/h1-7,9H,8H2. The van der Waals surface area contributed by atoms with E-state index in [-0.39, 0.29) is 0 Å². The molecule has 0 aliphatic rings. The van der Waals surface area contributed by atoms with Gasteiger partial charge in [-0.15, -0.1) is 11.6 Å². The van der Waals surface area contributed by atoms with Gasteiger partial charge in [-0.25, -0.2) is 4.98 Å². The predicted octanol–water partition coefficient (Wildman–Crippen LogP) is 6.18. The quantitative estimate of drug-likeness (QED) is 0.504. The first kappa shape index (κ1) is 14.6. The molecule has 3 rings (SSSR count). The van der Waals surface area contributed by atoms with E-state index in [1.54, 1.807) is 12.3 Å². The van der Waals surface area contributed by atoms with Crippen LogP contribution in [-0.2, 0) is 5.88 Å². The van der Waals surface area contributed by atoms with Crippen molar-refractivity contribution in [3.8, 4) is 11.6 Å². The molecule has 5 heteroatoms. The third-order valence-electron chi connectivity index (χ3n) is 3.05. The Bertz CT molecular complexity index is 807. The molecule has 0 spiro atoms. The lowest BCUT2D eigenvalue weighted by Crippen LogP contribution is -1.90. The SMILES string of the molecule is ClCc1cc(Oc2ccc3cc(Br)ccc3c2)ncc1Cl. The van der Waals surface area contributed by atoms with Gasteiger partial charge in [0.2, 0.25) is 5.88 Å². The van der Waals surface area contributed by atoms with Crippen LogP contribution in [0.15, 0.2) is 53.1 Å². The number of hydrogen-bond donors (Lipinski definition) is 0. The molecule has 1 aromatic heterocycles. The molecule has 0 fully saturated rings. The summed E-state index contributed by atoms with van der Waals surface area (Å²) < 4.78 is 6.82. The van der Waals surface area contributed by atoms with Crippen LogP contribution in [0.5, 0.6) is 11.6 Å². The Hall–Kier alpha value is -1.29. The van der Waals surface area contributed by atoms with Crippen molar-refractivity contribution >= 4 is 49.9 Å². The molecule has 0 atom stereocenters. The summed E-state index contributed by atoms with van der Waals surface area (Å²) in [4.78, 5) is 4.16. The largest absolute Gasteiger partial charge is 0.439 e. The second-order valence-corrected chi connectivity index (χ2v) is 6.09. The van der Waals surface area contributed by atoms with Crippen LogP contribution in [0.4, 0.5) is 0 Å². The van der Waals surface area contributed by atoms with Crippen molar-refractivity contribution in [1.82, 2.24) is 4.98 Å². The highest BCUT2D eigenvalue weighted by Gasteiger charge is 2.05. The van der Waals surface area contributed by atoms with Crippen LogP contribution >= 0.6 is 39.1 Å². The summed E-state index contributed by atoms with van der Waals surface area (Å²) in [7, 11) is 0. The fourth-order valence-corrected chi connectivity index (χ4v) is 2.83. The number of rotatable bonds is 3. The molecule has 106 valence electrons. The third kappa shape index (κ3) is 3.31. The lowest BCUT2D eigenvalue weighted by molar-refractivity contribution is 0.463. The van der Waals surface area contributed by atoms with Gasteiger partial charge in [-0.1, -0.05) is 39.7 Å². The van der Waals surface area contributed by atoms with E-state index < -0.39 is 0 Å². The van der Waals surface area contributed by atoms with Gasteiger partial charge in [0, 0.05) is 22.6 Å². The zero-order valence-corrected chi connectivity index (χ0v) is 13.9. The lowest BCUT2D eigenvalue weighted by atomic mass is 10.1. The minimum atomic E-state index is 0.323. The highest BCUT2D eigenvalue weighted by molar-refractivity contribution is 9.10. The molecule has 0 aliphatic carbocycles. The van der Waals surface area contributed by atoms with Gasteiger partial charge in [0.15, 0.2) is 0 Å². The second kappa shape index (κ2) is 6.22. The van der Waals surface area contributed by atoms with E-state index >= 15 is 0 Å². The summed E-state index contributed by atoms with van der Waals surface area (Å²) in [6, 6.07) is 13.7. The van der Waals surface area contributed by atoms with Crippen LogP contribution < -0.4 is 4.74 Å². The van der Waals surface area contributed by atoms with Gasteiger partial charge < -0.3 is 4.74 Å². The van der Waals surface area contributed by atoms with Crippen molar-refractivity contribution in [1.29, 1.82) is 0 Å². The molecule has 0 unspecified atom stereocenters. The zero-order chi connectivity index (χ0) is 14.8. The maximum atomic E-state index is 5.99. The molecule has 2 aromatic carbocycles. The average molecular weight is 383 g/mol. The van der Waals surface area contributed by atoms with Crippen molar-refractivity contribution < 1.29 is 4.74 Å². The molecule has 0 bridgehead atoms. The number of nitrogens with zero attached hydrogens (tertiary/aromatic N) is 1. The van der Waals surface area contributed by atoms with Gasteiger partial charge in [0.05, 0.1) is 5.02 Å². The maximum Gasteiger partial charge on any atom is 0.219 e. The molecule has 0 saturated heterocycles.